The van der Waals surface area contributed by atoms with Crippen molar-refractivity contribution in [2.45, 2.75) is 12.5 Å². The summed E-state index contributed by atoms with van der Waals surface area (Å²) in [5.41, 5.74) is 6.69. The van der Waals surface area contributed by atoms with Gasteiger partial charge < -0.3 is 15.8 Å². The Labute approximate surface area is 92.4 Å². The van der Waals surface area contributed by atoms with Crippen molar-refractivity contribution < 1.29 is 9.13 Å². The molecule has 1 saturated heterocycles. The minimum atomic E-state index is -0.498. The van der Waals surface area contributed by atoms with Crippen LogP contribution in [0.5, 0.6) is 0 Å². The zero-order valence-corrected chi connectivity index (χ0v) is 8.85. The Morgan fingerprint density at radius 3 is 3.00 bits per heavy atom. The maximum Gasteiger partial charge on any atom is 0.143 e. The van der Waals surface area contributed by atoms with E-state index in [1.54, 1.807) is 0 Å². The number of ether oxygens (including phenoxy) is 1. The van der Waals surface area contributed by atoms with Gasteiger partial charge in [-0.2, -0.15) is 0 Å². The number of nitrogen functional groups attached to an aromatic ring is 1. The second-order valence-corrected chi connectivity index (χ2v) is 3.97. The Bertz CT molecular complexity index is 367. The average Bonchev–Trinajstić information content (AvgIpc) is 2.67. The lowest BCUT2D eigenvalue weighted by Gasteiger charge is -2.14. The topological polar surface area (TPSA) is 47.3 Å². The minimum absolute atomic E-state index is 0.0746. The van der Waals surface area contributed by atoms with E-state index in [0.717, 1.165) is 13.0 Å². The molecule has 1 aromatic carbocycles. The monoisotopic (exact) mass is 230 g/mol. The number of nitrogens with one attached hydrogen (secondary N) is 1. The number of halogens is 2. The van der Waals surface area contributed by atoms with E-state index in [9.17, 15) is 4.39 Å². The summed E-state index contributed by atoms with van der Waals surface area (Å²) in [6.45, 7) is 1.39. The quantitative estimate of drug-likeness (QED) is 0.767. The molecule has 1 aliphatic heterocycles. The predicted molar refractivity (Wildman–Crippen MR) is 58.7 cm³/mol. The van der Waals surface area contributed by atoms with Crippen LogP contribution in [0.15, 0.2) is 12.1 Å². The van der Waals surface area contributed by atoms with Gasteiger partial charge in [0.05, 0.1) is 29.0 Å². The van der Waals surface area contributed by atoms with E-state index < -0.39 is 5.82 Å². The Balaban J connectivity index is 2.16. The Morgan fingerprint density at radius 2 is 2.33 bits per heavy atom. The van der Waals surface area contributed by atoms with Crippen molar-refractivity contribution in [1.29, 1.82) is 0 Å². The van der Waals surface area contributed by atoms with Crippen molar-refractivity contribution in [3.05, 3.63) is 23.0 Å². The number of nitrogens with two attached hydrogens (primary N) is 1. The van der Waals surface area contributed by atoms with Crippen LogP contribution in [-0.4, -0.2) is 19.3 Å². The highest BCUT2D eigenvalue weighted by Crippen LogP contribution is 2.27. The van der Waals surface area contributed by atoms with E-state index in [-0.39, 0.29) is 11.1 Å². The third kappa shape index (κ3) is 2.33. The molecule has 0 bridgehead atoms. The maximum absolute atomic E-state index is 13.0. The van der Waals surface area contributed by atoms with Crippen LogP contribution in [0.3, 0.4) is 0 Å². The van der Waals surface area contributed by atoms with E-state index >= 15 is 0 Å². The van der Waals surface area contributed by atoms with Gasteiger partial charge in [-0.15, -0.1) is 0 Å². The van der Waals surface area contributed by atoms with Crippen LogP contribution in [0.4, 0.5) is 15.8 Å². The smallest absolute Gasteiger partial charge is 0.143 e. The van der Waals surface area contributed by atoms with Crippen molar-refractivity contribution in [3.8, 4) is 0 Å². The standard InChI is InChI=1S/C10H12ClFN2O/c11-7-3-10(9(13)4-8(7)12)14-6-1-2-15-5-6/h3-4,6,14H,1-2,5,13H2. The molecule has 0 amide bonds. The molecule has 0 aromatic heterocycles. The van der Waals surface area contributed by atoms with Gasteiger partial charge in [0.25, 0.3) is 0 Å². The van der Waals surface area contributed by atoms with Crippen LogP contribution in [0.2, 0.25) is 5.02 Å². The molecule has 1 heterocycles. The first-order chi connectivity index (χ1) is 7.16. The van der Waals surface area contributed by atoms with Gasteiger partial charge in [-0.05, 0) is 12.5 Å². The minimum Gasteiger partial charge on any atom is -0.397 e. The highest BCUT2D eigenvalue weighted by Gasteiger charge is 2.16. The highest BCUT2D eigenvalue weighted by molar-refractivity contribution is 6.31. The molecule has 1 atom stereocenters. The van der Waals surface area contributed by atoms with Crippen LogP contribution in [0.25, 0.3) is 0 Å². The molecule has 1 unspecified atom stereocenters. The van der Waals surface area contributed by atoms with Gasteiger partial charge >= 0.3 is 0 Å². The lowest BCUT2D eigenvalue weighted by Crippen LogP contribution is -2.19. The van der Waals surface area contributed by atoms with Crippen LogP contribution in [0, 0.1) is 5.82 Å². The molecule has 0 spiro atoms. The molecule has 0 aliphatic carbocycles. The second kappa shape index (κ2) is 4.24. The van der Waals surface area contributed by atoms with E-state index in [1.165, 1.54) is 12.1 Å². The van der Waals surface area contributed by atoms with Crippen molar-refractivity contribution in [1.82, 2.24) is 0 Å². The molecular formula is C10H12ClFN2O. The number of rotatable bonds is 2. The van der Waals surface area contributed by atoms with E-state index in [0.29, 0.717) is 18.0 Å². The largest absolute Gasteiger partial charge is 0.397 e. The molecule has 15 heavy (non-hydrogen) atoms. The molecule has 0 radical (unpaired) electrons. The molecule has 1 aliphatic rings. The molecule has 82 valence electrons. The van der Waals surface area contributed by atoms with Gasteiger partial charge in [-0.1, -0.05) is 11.6 Å². The molecule has 3 nitrogen and oxygen atoms in total. The van der Waals surface area contributed by atoms with Gasteiger partial charge in [0.1, 0.15) is 5.82 Å². The number of benzene rings is 1. The normalized spacial score (nSPS) is 20.5. The summed E-state index contributed by atoms with van der Waals surface area (Å²) in [5, 5.41) is 3.25. The third-order valence-electron chi connectivity index (χ3n) is 2.38. The molecule has 5 heteroatoms. The SMILES string of the molecule is Nc1cc(F)c(Cl)cc1NC1CCOC1. The van der Waals surface area contributed by atoms with Crippen molar-refractivity contribution in [2.24, 2.45) is 0 Å². The summed E-state index contributed by atoms with van der Waals surface area (Å²) in [6.07, 6.45) is 0.925. The fourth-order valence-corrected chi connectivity index (χ4v) is 1.72. The zero-order chi connectivity index (χ0) is 10.8. The van der Waals surface area contributed by atoms with Crippen molar-refractivity contribution in [2.75, 3.05) is 24.3 Å². The Kier molecular flexibility index (Phi) is 2.98. The van der Waals surface area contributed by atoms with Crippen LogP contribution < -0.4 is 11.1 Å². The average molecular weight is 231 g/mol. The summed E-state index contributed by atoms with van der Waals surface area (Å²) in [6, 6.07) is 2.96. The summed E-state index contributed by atoms with van der Waals surface area (Å²) < 4.78 is 18.2. The maximum atomic E-state index is 13.0. The van der Waals surface area contributed by atoms with Gasteiger partial charge in [-0.25, -0.2) is 4.39 Å². The third-order valence-corrected chi connectivity index (χ3v) is 2.67. The first-order valence-corrected chi connectivity index (χ1v) is 5.13. The summed E-state index contributed by atoms with van der Waals surface area (Å²) >= 11 is 5.67. The molecule has 2 rings (SSSR count). The Morgan fingerprint density at radius 1 is 1.53 bits per heavy atom. The zero-order valence-electron chi connectivity index (χ0n) is 8.09. The van der Waals surface area contributed by atoms with Crippen molar-refractivity contribution in [3.63, 3.8) is 0 Å². The lowest BCUT2D eigenvalue weighted by molar-refractivity contribution is 0.195. The molecular weight excluding hydrogens is 219 g/mol. The highest BCUT2D eigenvalue weighted by atomic mass is 35.5. The number of hydrogen-bond acceptors (Lipinski definition) is 3. The first kappa shape index (κ1) is 10.5. The van der Waals surface area contributed by atoms with Gasteiger partial charge in [0.15, 0.2) is 0 Å². The van der Waals surface area contributed by atoms with Crippen LogP contribution >= 0.6 is 11.6 Å². The van der Waals surface area contributed by atoms with Crippen molar-refractivity contribution >= 4 is 23.0 Å². The van der Waals surface area contributed by atoms with Gasteiger partial charge in [0, 0.05) is 12.7 Å². The molecule has 0 saturated carbocycles. The summed E-state index contributed by atoms with van der Waals surface area (Å²) in [4.78, 5) is 0. The summed E-state index contributed by atoms with van der Waals surface area (Å²) in [5.74, 6) is -0.498. The fourth-order valence-electron chi connectivity index (χ4n) is 1.56. The predicted octanol–water partition coefficient (Wildman–Crippen LogP) is 2.26. The van der Waals surface area contributed by atoms with Crippen LogP contribution in [0.1, 0.15) is 6.42 Å². The molecule has 3 N–H and O–H groups in total. The van der Waals surface area contributed by atoms with E-state index in [1.807, 2.05) is 0 Å². The number of hydrogen-bond donors (Lipinski definition) is 2. The lowest BCUT2D eigenvalue weighted by atomic mass is 10.2. The van der Waals surface area contributed by atoms with Gasteiger partial charge in [0.2, 0.25) is 0 Å². The van der Waals surface area contributed by atoms with Crippen LogP contribution in [-0.2, 0) is 4.74 Å². The molecule has 1 aromatic rings. The molecule has 1 fully saturated rings. The Hall–Kier alpha value is -1.00. The van der Waals surface area contributed by atoms with E-state index in [4.69, 9.17) is 22.1 Å². The number of anilines is 2. The van der Waals surface area contributed by atoms with Gasteiger partial charge in [-0.3, -0.25) is 0 Å². The first-order valence-electron chi connectivity index (χ1n) is 4.75. The fraction of sp³-hybridized carbons (Fsp3) is 0.400. The second-order valence-electron chi connectivity index (χ2n) is 3.56. The summed E-state index contributed by atoms with van der Waals surface area (Å²) in [7, 11) is 0. The van der Waals surface area contributed by atoms with E-state index in [2.05, 4.69) is 5.32 Å².